The summed E-state index contributed by atoms with van der Waals surface area (Å²) in [5, 5.41) is 22.4. The number of thiophene rings is 1. The number of fused-ring (bicyclic) bond motifs is 1. The highest BCUT2D eigenvalue weighted by atomic mass is 35.5. The number of hydrogen-bond acceptors (Lipinski definition) is 4. The van der Waals surface area contributed by atoms with Crippen LogP contribution in [0, 0.1) is 10.1 Å². The maximum absolute atomic E-state index is 10.7. The fraction of sp³-hybridized carbons (Fsp3) is 0. The molecule has 0 aliphatic rings. The average Bonchev–Trinajstić information content (AvgIpc) is 2.51. The van der Waals surface area contributed by atoms with E-state index < -0.39 is 10.7 Å². The number of benzene rings is 1. The number of nitro benzene ring substituents is 1. The standard InChI is InChI=1S/C8H4ClNO3S/c9-5-3-6(11)7(10(12)13)4-1-2-14-8(4)5/h1-3,11H. The first-order valence-corrected chi connectivity index (χ1v) is 4.90. The smallest absolute Gasteiger partial charge is 0.319 e. The molecule has 1 N–H and O–H groups in total. The average molecular weight is 230 g/mol. The molecule has 0 saturated heterocycles. The molecule has 6 heteroatoms. The third-order valence-corrected chi connectivity index (χ3v) is 3.18. The summed E-state index contributed by atoms with van der Waals surface area (Å²) in [6, 6.07) is 2.77. The molecule has 1 aromatic carbocycles. The Balaban J connectivity index is 2.93. The first-order chi connectivity index (χ1) is 6.61. The van der Waals surface area contributed by atoms with E-state index in [9.17, 15) is 15.2 Å². The van der Waals surface area contributed by atoms with Gasteiger partial charge in [-0.3, -0.25) is 10.1 Å². The first kappa shape index (κ1) is 9.23. The summed E-state index contributed by atoms with van der Waals surface area (Å²) in [6.45, 7) is 0. The molecule has 1 heterocycles. The number of nitrogens with zero attached hydrogens (tertiary/aromatic N) is 1. The van der Waals surface area contributed by atoms with Crippen molar-refractivity contribution < 1.29 is 10.0 Å². The number of hydrogen-bond donors (Lipinski definition) is 1. The lowest BCUT2D eigenvalue weighted by molar-refractivity contribution is -0.384. The molecule has 14 heavy (non-hydrogen) atoms. The number of rotatable bonds is 1. The molecule has 4 nitrogen and oxygen atoms in total. The Bertz CT molecular complexity index is 523. The van der Waals surface area contributed by atoms with E-state index in [1.165, 1.54) is 17.4 Å². The predicted octanol–water partition coefficient (Wildman–Crippen LogP) is 3.17. The molecular weight excluding hydrogens is 226 g/mol. The molecule has 1 aromatic heterocycles. The molecule has 0 radical (unpaired) electrons. The maximum Gasteiger partial charge on any atom is 0.319 e. The molecule has 0 aliphatic carbocycles. The molecule has 0 bridgehead atoms. The van der Waals surface area contributed by atoms with Gasteiger partial charge in [0.15, 0.2) is 5.75 Å². The number of phenolic OH excluding ortho intramolecular Hbond substituents is 1. The molecule has 0 aliphatic heterocycles. The van der Waals surface area contributed by atoms with E-state index in [1.54, 1.807) is 11.4 Å². The quantitative estimate of drug-likeness (QED) is 0.603. The van der Waals surface area contributed by atoms with Crippen molar-refractivity contribution in [3.05, 3.63) is 32.6 Å². The van der Waals surface area contributed by atoms with Gasteiger partial charge >= 0.3 is 5.69 Å². The third kappa shape index (κ3) is 1.21. The van der Waals surface area contributed by atoms with Gasteiger partial charge in [-0.05, 0) is 11.4 Å². The van der Waals surface area contributed by atoms with Crippen LogP contribution < -0.4 is 0 Å². The summed E-state index contributed by atoms with van der Waals surface area (Å²) in [5.74, 6) is -0.397. The van der Waals surface area contributed by atoms with Crippen LogP contribution in [0.3, 0.4) is 0 Å². The molecule has 0 unspecified atom stereocenters. The van der Waals surface area contributed by atoms with Crippen molar-refractivity contribution in [3.8, 4) is 5.75 Å². The fourth-order valence-electron chi connectivity index (χ4n) is 1.26. The van der Waals surface area contributed by atoms with Crippen LogP contribution in [0.1, 0.15) is 0 Å². The van der Waals surface area contributed by atoms with Gasteiger partial charge in [-0.15, -0.1) is 11.3 Å². The second-order valence-electron chi connectivity index (χ2n) is 2.65. The van der Waals surface area contributed by atoms with Crippen LogP contribution in [0.25, 0.3) is 10.1 Å². The van der Waals surface area contributed by atoms with Gasteiger partial charge in [-0.2, -0.15) is 0 Å². The summed E-state index contributed by atoms with van der Waals surface area (Å²) < 4.78 is 0.621. The summed E-state index contributed by atoms with van der Waals surface area (Å²) in [6.07, 6.45) is 0. The zero-order chi connectivity index (χ0) is 10.3. The van der Waals surface area contributed by atoms with Crippen LogP contribution in [-0.2, 0) is 0 Å². The summed E-state index contributed by atoms with van der Waals surface area (Å²) in [7, 11) is 0. The molecular formula is C8H4ClNO3S. The maximum atomic E-state index is 10.7. The second-order valence-corrected chi connectivity index (χ2v) is 3.97. The van der Waals surface area contributed by atoms with Crippen LogP contribution in [0.2, 0.25) is 5.02 Å². The van der Waals surface area contributed by atoms with Gasteiger partial charge in [0, 0.05) is 6.07 Å². The van der Waals surface area contributed by atoms with Gasteiger partial charge < -0.3 is 5.11 Å². The normalized spacial score (nSPS) is 10.6. The molecule has 0 saturated carbocycles. The molecule has 0 atom stereocenters. The monoisotopic (exact) mass is 229 g/mol. The van der Waals surface area contributed by atoms with Crippen molar-refractivity contribution in [2.75, 3.05) is 0 Å². The van der Waals surface area contributed by atoms with E-state index in [1.807, 2.05) is 0 Å². The van der Waals surface area contributed by atoms with Crippen molar-refractivity contribution in [2.24, 2.45) is 0 Å². The SMILES string of the molecule is O=[N+]([O-])c1c(O)cc(Cl)c2sccc12. The van der Waals surface area contributed by atoms with Gasteiger partial charge in [0.2, 0.25) is 0 Å². The highest BCUT2D eigenvalue weighted by Crippen LogP contribution is 2.41. The predicted molar refractivity (Wildman–Crippen MR) is 55.2 cm³/mol. The molecule has 0 amide bonds. The van der Waals surface area contributed by atoms with Crippen molar-refractivity contribution in [1.29, 1.82) is 0 Å². The summed E-state index contributed by atoms with van der Waals surface area (Å²) in [5.41, 5.74) is -0.286. The van der Waals surface area contributed by atoms with Gasteiger partial charge in [0.25, 0.3) is 0 Å². The Kier molecular flexibility index (Phi) is 2.05. The Morgan fingerprint density at radius 3 is 2.93 bits per heavy atom. The van der Waals surface area contributed by atoms with Crippen LogP contribution in [0.4, 0.5) is 5.69 Å². The lowest BCUT2D eigenvalue weighted by atomic mass is 10.2. The van der Waals surface area contributed by atoms with E-state index in [0.717, 1.165) is 0 Å². The van der Waals surface area contributed by atoms with Gasteiger partial charge in [-0.25, -0.2) is 0 Å². The first-order valence-electron chi connectivity index (χ1n) is 3.64. The number of nitro groups is 1. The van der Waals surface area contributed by atoms with E-state index in [0.29, 0.717) is 15.1 Å². The van der Waals surface area contributed by atoms with Crippen molar-refractivity contribution in [3.63, 3.8) is 0 Å². The second kappa shape index (κ2) is 3.11. The Morgan fingerprint density at radius 2 is 2.29 bits per heavy atom. The molecule has 72 valence electrons. The topological polar surface area (TPSA) is 63.4 Å². The van der Waals surface area contributed by atoms with E-state index in [2.05, 4.69) is 0 Å². The Hall–Kier alpha value is -1.33. The van der Waals surface area contributed by atoms with Gasteiger partial charge in [0.05, 0.1) is 20.0 Å². The highest BCUT2D eigenvalue weighted by Gasteiger charge is 2.20. The third-order valence-electron chi connectivity index (χ3n) is 1.83. The lowest BCUT2D eigenvalue weighted by Crippen LogP contribution is -1.89. The van der Waals surface area contributed by atoms with Gasteiger partial charge in [0.1, 0.15) is 0 Å². The van der Waals surface area contributed by atoms with Crippen molar-refractivity contribution in [2.45, 2.75) is 0 Å². The lowest BCUT2D eigenvalue weighted by Gasteiger charge is -1.98. The number of aromatic hydroxyl groups is 1. The largest absolute Gasteiger partial charge is 0.502 e. The molecule has 2 rings (SSSR count). The minimum atomic E-state index is -0.610. The molecule has 0 fully saturated rings. The van der Waals surface area contributed by atoms with Crippen molar-refractivity contribution in [1.82, 2.24) is 0 Å². The minimum Gasteiger partial charge on any atom is -0.502 e. The number of phenols is 1. The van der Waals surface area contributed by atoms with Crippen LogP contribution >= 0.6 is 22.9 Å². The summed E-state index contributed by atoms with van der Waals surface area (Å²) in [4.78, 5) is 10.0. The molecule has 2 aromatic rings. The zero-order valence-corrected chi connectivity index (χ0v) is 8.30. The van der Waals surface area contributed by atoms with E-state index in [4.69, 9.17) is 11.6 Å². The number of halogens is 1. The van der Waals surface area contributed by atoms with E-state index in [-0.39, 0.29) is 5.69 Å². The fourth-order valence-corrected chi connectivity index (χ4v) is 2.41. The summed E-state index contributed by atoms with van der Waals surface area (Å²) >= 11 is 7.11. The van der Waals surface area contributed by atoms with Gasteiger partial charge in [-0.1, -0.05) is 11.6 Å². The minimum absolute atomic E-state index is 0.286. The van der Waals surface area contributed by atoms with Crippen LogP contribution in [-0.4, -0.2) is 10.0 Å². The highest BCUT2D eigenvalue weighted by molar-refractivity contribution is 7.18. The van der Waals surface area contributed by atoms with Crippen LogP contribution in [0.5, 0.6) is 5.75 Å². The van der Waals surface area contributed by atoms with E-state index >= 15 is 0 Å². The zero-order valence-electron chi connectivity index (χ0n) is 6.73. The Morgan fingerprint density at radius 1 is 1.57 bits per heavy atom. The van der Waals surface area contributed by atoms with Crippen molar-refractivity contribution >= 4 is 38.7 Å². The molecule has 0 spiro atoms. The Labute approximate surface area is 87.5 Å². The van der Waals surface area contributed by atoms with Crippen LogP contribution in [0.15, 0.2) is 17.5 Å².